The number of nitrogens with zero attached hydrogens (tertiary/aromatic N) is 7. The number of fused-ring (bicyclic) bond motifs is 1. The number of hydrogen-bond donors (Lipinski definition) is 1. The van der Waals surface area contributed by atoms with Crippen LogP contribution in [0.2, 0.25) is 5.02 Å². The largest absolute Gasteiger partial charge is 0.422 e. The van der Waals surface area contributed by atoms with Crippen molar-refractivity contribution in [3.8, 4) is 17.8 Å². The number of nitriles is 1. The molecule has 1 aliphatic rings. The van der Waals surface area contributed by atoms with E-state index in [1.807, 2.05) is 53.4 Å². The van der Waals surface area contributed by atoms with Crippen LogP contribution in [0.1, 0.15) is 11.1 Å². The van der Waals surface area contributed by atoms with Crippen molar-refractivity contribution >= 4 is 45.8 Å². The van der Waals surface area contributed by atoms with Gasteiger partial charge in [-0.15, -0.1) is 0 Å². The standard InChI is InChI=1S/C30H22ClF3N8O/c31-21-6-2-7-23(16-21)41-12-14-42(15-13-41)28-38-27(37-22-10-9-20(18-35)24(17-22)30(32,33)34)39-29(40-28)43-25-8-1-4-19-5-3-11-36-26(19)25/h1-11,16-17H,12-15H2,(H,37,38,39,40). The summed E-state index contributed by atoms with van der Waals surface area (Å²) in [6.45, 7) is 2.42. The highest BCUT2D eigenvalue weighted by molar-refractivity contribution is 6.30. The summed E-state index contributed by atoms with van der Waals surface area (Å²) in [5.74, 6) is 0.670. The second-order valence-electron chi connectivity index (χ2n) is 9.62. The van der Waals surface area contributed by atoms with Gasteiger partial charge in [-0.25, -0.2) is 0 Å². The van der Waals surface area contributed by atoms with E-state index in [1.54, 1.807) is 18.3 Å². The van der Waals surface area contributed by atoms with Gasteiger partial charge in [-0.1, -0.05) is 35.9 Å². The summed E-state index contributed by atoms with van der Waals surface area (Å²) in [4.78, 5) is 22.0. The van der Waals surface area contributed by atoms with Gasteiger partial charge < -0.3 is 19.9 Å². The Morgan fingerprint density at radius 2 is 1.65 bits per heavy atom. The molecule has 3 heterocycles. The van der Waals surface area contributed by atoms with Crippen molar-refractivity contribution in [2.24, 2.45) is 0 Å². The summed E-state index contributed by atoms with van der Waals surface area (Å²) >= 11 is 6.18. The van der Waals surface area contributed by atoms with Crippen LogP contribution in [0.3, 0.4) is 0 Å². The molecule has 13 heteroatoms. The Bertz CT molecular complexity index is 1830. The molecule has 5 aromatic rings. The predicted octanol–water partition coefficient (Wildman–Crippen LogP) is 6.83. The first-order valence-corrected chi connectivity index (χ1v) is 13.6. The average Bonchev–Trinajstić information content (AvgIpc) is 3.01. The Labute approximate surface area is 249 Å². The molecule has 0 unspecified atom stereocenters. The van der Waals surface area contributed by atoms with E-state index in [-0.39, 0.29) is 23.6 Å². The van der Waals surface area contributed by atoms with Crippen molar-refractivity contribution in [3.63, 3.8) is 0 Å². The van der Waals surface area contributed by atoms with Crippen molar-refractivity contribution < 1.29 is 17.9 Å². The lowest BCUT2D eigenvalue weighted by Gasteiger charge is -2.36. The molecule has 0 amide bonds. The molecular weight excluding hydrogens is 581 g/mol. The SMILES string of the molecule is N#Cc1ccc(Nc2nc(Oc3cccc4cccnc34)nc(N3CCN(c4cccc(Cl)c4)CC3)n2)cc1C(F)(F)F. The maximum absolute atomic E-state index is 13.6. The van der Waals surface area contributed by atoms with Gasteiger partial charge in [-0.2, -0.15) is 33.4 Å². The zero-order valence-corrected chi connectivity index (χ0v) is 23.1. The quantitative estimate of drug-likeness (QED) is 0.224. The van der Waals surface area contributed by atoms with Crippen LogP contribution in [0.25, 0.3) is 10.9 Å². The lowest BCUT2D eigenvalue weighted by Crippen LogP contribution is -2.47. The van der Waals surface area contributed by atoms with E-state index < -0.39 is 17.3 Å². The van der Waals surface area contributed by atoms with Gasteiger partial charge in [-0.3, -0.25) is 4.98 Å². The number of aromatic nitrogens is 4. The van der Waals surface area contributed by atoms with Gasteiger partial charge in [0, 0.05) is 54.2 Å². The second kappa shape index (κ2) is 11.6. The summed E-state index contributed by atoms with van der Waals surface area (Å²) in [5.41, 5.74) is 0.0913. The summed E-state index contributed by atoms with van der Waals surface area (Å²) in [5, 5.41) is 13.5. The molecule has 0 bridgehead atoms. The Hall–Kier alpha value is -5.15. The molecule has 0 saturated carbocycles. The number of rotatable bonds is 6. The lowest BCUT2D eigenvalue weighted by atomic mass is 10.1. The predicted molar refractivity (Wildman–Crippen MR) is 157 cm³/mol. The lowest BCUT2D eigenvalue weighted by molar-refractivity contribution is -0.137. The Kier molecular flexibility index (Phi) is 7.56. The number of piperazine rings is 1. The zero-order valence-electron chi connectivity index (χ0n) is 22.4. The van der Waals surface area contributed by atoms with Crippen LogP contribution < -0.4 is 19.9 Å². The highest BCUT2D eigenvalue weighted by Gasteiger charge is 2.34. The number of benzene rings is 3. The molecule has 0 atom stereocenters. The van der Waals surface area contributed by atoms with E-state index in [2.05, 4.69) is 30.2 Å². The molecular formula is C30H22ClF3N8O. The fourth-order valence-electron chi connectivity index (χ4n) is 4.77. The molecule has 6 rings (SSSR count). The van der Waals surface area contributed by atoms with E-state index in [0.29, 0.717) is 42.5 Å². The van der Waals surface area contributed by atoms with E-state index in [1.165, 1.54) is 6.07 Å². The topological polar surface area (TPSA) is 103 Å². The molecule has 1 aliphatic heterocycles. The zero-order chi connectivity index (χ0) is 30.0. The Balaban J connectivity index is 1.33. The number of hydrogen-bond acceptors (Lipinski definition) is 9. The minimum Gasteiger partial charge on any atom is -0.422 e. The fraction of sp³-hybridized carbons (Fsp3) is 0.167. The van der Waals surface area contributed by atoms with Crippen molar-refractivity contribution in [1.29, 1.82) is 5.26 Å². The first kappa shape index (κ1) is 28.0. The number of ether oxygens (including phenoxy) is 1. The van der Waals surface area contributed by atoms with Crippen molar-refractivity contribution in [1.82, 2.24) is 19.9 Å². The summed E-state index contributed by atoms with van der Waals surface area (Å²) in [6.07, 6.45) is -3.07. The third-order valence-corrected chi connectivity index (χ3v) is 7.07. The van der Waals surface area contributed by atoms with Gasteiger partial charge in [0.1, 0.15) is 5.52 Å². The molecule has 1 fully saturated rings. The molecule has 9 nitrogen and oxygen atoms in total. The van der Waals surface area contributed by atoms with Crippen LogP contribution in [0, 0.1) is 11.3 Å². The number of anilines is 4. The fourth-order valence-corrected chi connectivity index (χ4v) is 4.95. The average molecular weight is 603 g/mol. The van der Waals surface area contributed by atoms with Gasteiger partial charge in [0.05, 0.1) is 17.2 Å². The minimum atomic E-state index is -4.72. The number of para-hydroxylation sites is 1. The Morgan fingerprint density at radius 3 is 2.42 bits per heavy atom. The molecule has 216 valence electrons. The number of nitrogens with one attached hydrogen (secondary N) is 1. The third-order valence-electron chi connectivity index (χ3n) is 6.84. The molecule has 1 N–H and O–H groups in total. The maximum Gasteiger partial charge on any atom is 0.417 e. The Morgan fingerprint density at radius 1 is 0.884 bits per heavy atom. The summed E-state index contributed by atoms with van der Waals surface area (Å²) in [6, 6.07) is 21.6. The molecule has 1 saturated heterocycles. The molecule has 0 aliphatic carbocycles. The molecule has 2 aromatic heterocycles. The highest BCUT2D eigenvalue weighted by atomic mass is 35.5. The smallest absolute Gasteiger partial charge is 0.417 e. The molecule has 43 heavy (non-hydrogen) atoms. The first-order chi connectivity index (χ1) is 20.8. The number of halogens is 4. The first-order valence-electron chi connectivity index (χ1n) is 13.2. The van der Waals surface area contributed by atoms with Gasteiger partial charge in [-0.05, 0) is 48.5 Å². The highest BCUT2D eigenvalue weighted by Crippen LogP contribution is 2.35. The van der Waals surface area contributed by atoms with Gasteiger partial charge >= 0.3 is 12.2 Å². The van der Waals surface area contributed by atoms with Crippen LogP contribution >= 0.6 is 11.6 Å². The molecule has 0 radical (unpaired) electrons. The van der Waals surface area contributed by atoms with E-state index in [9.17, 15) is 13.2 Å². The van der Waals surface area contributed by atoms with E-state index >= 15 is 0 Å². The van der Waals surface area contributed by atoms with E-state index in [0.717, 1.165) is 23.2 Å². The molecule has 0 spiro atoms. The third kappa shape index (κ3) is 6.22. The summed E-state index contributed by atoms with van der Waals surface area (Å²) in [7, 11) is 0. The summed E-state index contributed by atoms with van der Waals surface area (Å²) < 4.78 is 46.9. The van der Waals surface area contributed by atoms with E-state index in [4.69, 9.17) is 21.6 Å². The van der Waals surface area contributed by atoms with Crippen LogP contribution in [0.5, 0.6) is 11.8 Å². The minimum absolute atomic E-state index is 0.0247. The van der Waals surface area contributed by atoms with Crippen LogP contribution in [-0.4, -0.2) is 46.1 Å². The van der Waals surface area contributed by atoms with Gasteiger partial charge in [0.25, 0.3) is 0 Å². The van der Waals surface area contributed by atoms with Crippen LogP contribution in [0.4, 0.5) is 36.4 Å². The van der Waals surface area contributed by atoms with Crippen molar-refractivity contribution in [2.75, 3.05) is 41.3 Å². The molecule has 3 aromatic carbocycles. The van der Waals surface area contributed by atoms with Gasteiger partial charge in [0.2, 0.25) is 11.9 Å². The van der Waals surface area contributed by atoms with Crippen molar-refractivity contribution in [3.05, 3.63) is 95.1 Å². The van der Waals surface area contributed by atoms with Crippen LogP contribution in [0.15, 0.2) is 79.0 Å². The maximum atomic E-state index is 13.6. The van der Waals surface area contributed by atoms with Crippen molar-refractivity contribution in [2.45, 2.75) is 6.18 Å². The number of alkyl halides is 3. The second-order valence-corrected chi connectivity index (χ2v) is 10.1. The van der Waals surface area contributed by atoms with Gasteiger partial charge in [0.15, 0.2) is 5.75 Å². The normalized spacial score (nSPS) is 13.6. The number of pyridine rings is 1. The monoisotopic (exact) mass is 602 g/mol. The van der Waals surface area contributed by atoms with Crippen LogP contribution in [-0.2, 0) is 6.18 Å².